The second-order valence-electron chi connectivity index (χ2n) is 7.98. The van der Waals surface area contributed by atoms with Crippen LogP contribution in [-0.2, 0) is 9.53 Å². The third-order valence-electron chi connectivity index (χ3n) is 5.32. The summed E-state index contributed by atoms with van der Waals surface area (Å²) < 4.78 is 11.4. The molecule has 0 heterocycles. The number of carboxylic acids is 1. The fraction of sp³-hybridized carbons (Fsp3) is 0.407. The molecule has 0 saturated heterocycles. The van der Waals surface area contributed by atoms with E-state index in [0.29, 0.717) is 32.1 Å². The highest BCUT2D eigenvalue weighted by Crippen LogP contribution is 2.33. The lowest BCUT2D eigenvalue weighted by Gasteiger charge is -2.20. The maximum Gasteiger partial charge on any atom is 0.331 e. The molecule has 0 aromatic heterocycles. The van der Waals surface area contributed by atoms with Gasteiger partial charge in [0.25, 0.3) is 0 Å². The van der Waals surface area contributed by atoms with Crippen molar-refractivity contribution in [1.29, 1.82) is 0 Å². The van der Waals surface area contributed by atoms with E-state index in [1.54, 1.807) is 24.9 Å². The number of carbonyl (C=O) groups is 2. The van der Waals surface area contributed by atoms with Crippen molar-refractivity contribution in [3.8, 4) is 16.9 Å². The van der Waals surface area contributed by atoms with Crippen LogP contribution in [0.2, 0.25) is 0 Å². The number of benzene rings is 2. The predicted octanol–water partition coefficient (Wildman–Crippen LogP) is 5.59. The van der Waals surface area contributed by atoms with Gasteiger partial charge in [0.15, 0.2) is 0 Å². The van der Waals surface area contributed by atoms with Gasteiger partial charge >= 0.3 is 12.0 Å². The summed E-state index contributed by atoms with van der Waals surface area (Å²) in [4.78, 5) is 25.4. The smallest absolute Gasteiger partial charge is 0.331 e. The fourth-order valence-electron chi connectivity index (χ4n) is 3.34. The third-order valence-corrected chi connectivity index (χ3v) is 5.32. The topological polar surface area (TPSA) is 88.1 Å². The summed E-state index contributed by atoms with van der Waals surface area (Å²) >= 11 is 0. The van der Waals surface area contributed by atoms with E-state index in [9.17, 15) is 14.7 Å². The Kier molecular flexibility index (Phi) is 11.1. The van der Waals surface area contributed by atoms with E-state index in [-0.39, 0.29) is 11.6 Å². The largest absolute Gasteiger partial charge is 0.491 e. The molecule has 2 amide bonds. The lowest BCUT2D eigenvalue weighted by Crippen LogP contribution is -2.37. The molecule has 0 aliphatic carbocycles. The molecule has 34 heavy (non-hydrogen) atoms. The normalized spacial score (nSPS) is 11.2. The summed E-state index contributed by atoms with van der Waals surface area (Å²) in [6.45, 7) is 7.68. The molecule has 0 radical (unpaired) electrons. The molecule has 0 spiro atoms. The van der Waals surface area contributed by atoms with Crippen molar-refractivity contribution in [2.75, 3.05) is 38.3 Å². The van der Waals surface area contributed by atoms with Crippen molar-refractivity contribution in [2.45, 2.75) is 40.0 Å². The lowest BCUT2D eigenvalue weighted by molar-refractivity contribution is -0.132. The minimum atomic E-state index is -0.966. The van der Waals surface area contributed by atoms with E-state index in [2.05, 4.69) is 12.2 Å². The fourth-order valence-corrected chi connectivity index (χ4v) is 3.34. The number of carbonyl (C=O) groups excluding carboxylic acids is 1. The lowest BCUT2D eigenvalue weighted by atomic mass is 10.0. The highest BCUT2D eigenvalue weighted by Gasteiger charge is 2.14. The van der Waals surface area contributed by atoms with E-state index >= 15 is 0 Å². The summed E-state index contributed by atoms with van der Waals surface area (Å²) in [5.74, 6) is -0.345. The van der Waals surface area contributed by atoms with Gasteiger partial charge in [-0.3, -0.25) is 4.90 Å². The van der Waals surface area contributed by atoms with E-state index < -0.39 is 5.97 Å². The molecule has 0 saturated carbocycles. The number of amides is 2. The molecule has 0 aliphatic rings. The van der Waals surface area contributed by atoms with Gasteiger partial charge in [-0.2, -0.15) is 0 Å². The summed E-state index contributed by atoms with van der Waals surface area (Å²) in [6.07, 6.45) is 4.76. The third kappa shape index (κ3) is 8.23. The van der Waals surface area contributed by atoms with Crippen LogP contribution >= 0.6 is 0 Å². The number of carboxylic acid groups (broad SMARTS) is 1. The molecule has 0 unspecified atom stereocenters. The first-order valence-corrected chi connectivity index (χ1v) is 11.8. The molecule has 2 N–H and O–H groups in total. The van der Waals surface area contributed by atoms with E-state index in [1.807, 2.05) is 49.4 Å². The molecule has 0 atom stereocenters. The summed E-state index contributed by atoms with van der Waals surface area (Å²) in [6, 6.07) is 13.1. The van der Waals surface area contributed by atoms with Crippen molar-refractivity contribution in [3.63, 3.8) is 0 Å². The Morgan fingerprint density at radius 1 is 1.09 bits per heavy atom. The Labute approximate surface area is 202 Å². The zero-order valence-electron chi connectivity index (χ0n) is 20.6. The van der Waals surface area contributed by atoms with Crippen molar-refractivity contribution in [1.82, 2.24) is 5.32 Å². The first-order valence-electron chi connectivity index (χ1n) is 11.8. The van der Waals surface area contributed by atoms with E-state index in [0.717, 1.165) is 41.6 Å². The summed E-state index contributed by atoms with van der Waals surface area (Å²) in [5.41, 5.74) is 3.47. The van der Waals surface area contributed by atoms with Crippen molar-refractivity contribution >= 4 is 23.8 Å². The number of nitrogens with one attached hydrogen (secondary N) is 1. The van der Waals surface area contributed by atoms with Crippen LogP contribution in [0.5, 0.6) is 5.75 Å². The average Bonchev–Trinajstić information content (AvgIpc) is 2.84. The standard InChI is InChI=1S/C27H36N2O5/c1-5-7-8-14-28-27(32)29(4)23-11-9-10-22(19-23)24-13-12-21(17-20(3)26(30)31)18-25(24)34-16-15-33-6-2/h9-13,17-19H,5-8,14-16H2,1-4H3,(H,28,32)(H,30,31)/b20-17-. The van der Waals surface area contributed by atoms with Gasteiger partial charge in [0.05, 0.1) is 6.61 Å². The highest BCUT2D eigenvalue weighted by atomic mass is 16.5. The minimum Gasteiger partial charge on any atom is -0.491 e. The monoisotopic (exact) mass is 468 g/mol. The number of urea groups is 1. The number of ether oxygens (including phenoxy) is 2. The van der Waals surface area contributed by atoms with Gasteiger partial charge in [-0.1, -0.05) is 44.0 Å². The second kappa shape index (κ2) is 14.1. The summed E-state index contributed by atoms with van der Waals surface area (Å²) in [5, 5.41) is 12.2. The number of hydrogen-bond acceptors (Lipinski definition) is 4. The molecular weight excluding hydrogens is 432 g/mol. The molecule has 2 rings (SSSR count). The molecule has 7 nitrogen and oxygen atoms in total. The average molecular weight is 469 g/mol. The van der Waals surface area contributed by atoms with Crippen LogP contribution in [0.1, 0.15) is 45.6 Å². The Balaban J connectivity index is 2.30. The van der Waals surface area contributed by atoms with Crippen molar-refractivity contribution < 1.29 is 24.2 Å². The predicted molar refractivity (Wildman–Crippen MR) is 136 cm³/mol. The van der Waals surface area contributed by atoms with Crippen molar-refractivity contribution in [2.24, 2.45) is 0 Å². The first-order chi connectivity index (χ1) is 16.4. The molecule has 0 bridgehead atoms. The number of unbranched alkanes of at least 4 members (excludes halogenated alkanes) is 2. The number of nitrogens with zero attached hydrogens (tertiary/aromatic N) is 1. The van der Waals surface area contributed by atoms with E-state index in [1.165, 1.54) is 0 Å². The summed E-state index contributed by atoms with van der Waals surface area (Å²) in [7, 11) is 1.75. The first kappa shape index (κ1) is 26.9. The van der Waals surface area contributed by atoms with Gasteiger partial charge in [0, 0.05) is 37.0 Å². The van der Waals surface area contributed by atoms with Gasteiger partial charge in [-0.05, 0) is 55.7 Å². The Morgan fingerprint density at radius 2 is 1.88 bits per heavy atom. The maximum absolute atomic E-state index is 12.5. The van der Waals surface area contributed by atoms with Gasteiger partial charge in [-0.25, -0.2) is 9.59 Å². The molecule has 0 fully saturated rings. The zero-order valence-corrected chi connectivity index (χ0v) is 20.6. The van der Waals surface area contributed by atoms with Gasteiger partial charge in [-0.15, -0.1) is 0 Å². The minimum absolute atomic E-state index is 0.147. The van der Waals surface area contributed by atoms with Crippen LogP contribution in [-0.4, -0.2) is 50.5 Å². The van der Waals surface area contributed by atoms with Crippen LogP contribution < -0.4 is 15.0 Å². The SMILES string of the molecule is CCCCCNC(=O)N(C)c1cccc(-c2ccc(/C=C(/C)C(=O)O)cc2OCCOCC)c1. The van der Waals surface area contributed by atoms with Crippen LogP contribution in [0.4, 0.5) is 10.5 Å². The molecule has 2 aromatic rings. The van der Waals surface area contributed by atoms with Crippen LogP contribution in [0, 0.1) is 0 Å². The molecule has 0 aliphatic heterocycles. The molecular formula is C27H36N2O5. The Hall–Kier alpha value is -3.32. The number of aliphatic carboxylic acids is 1. The van der Waals surface area contributed by atoms with Gasteiger partial charge in [0.1, 0.15) is 12.4 Å². The molecule has 7 heteroatoms. The molecule has 2 aromatic carbocycles. The Bertz CT molecular complexity index is 987. The molecule has 184 valence electrons. The highest BCUT2D eigenvalue weighted by molar-refractivity contribution is 5.93. The van der Waals surface area contributed by atoms with Gasteiger partial charge in [0.2, 0.25) is 0 Å². The number of rotatable bonds is 13. The maximum atomic E-state index is 12.5. The zero-order chi connectivity index (χ0) is 24.9. The quantitative estimate of drug-likeness (QED) is 0.295. The Morgan fingerprint density at radius 3 is 2.59 bits per heavy atom. The number of hydrogen-bond donors (Lipinski definition) is 2. The van der Waals surface area contributed by atoms with Crippen LogP contribution in [0.3, 0.4) is 0 Å². The second-order valence-corrected chi connectivity index (χ2v) is 7.98. The van der Waals surface area contributed by atoms with Gasteiger partial charge < -0.3 is 19.9 Å². The number of anilines is 1. The van der Waals surface area contributed by atoms with Crippen LogP contribution in [0.15, 0.2) is 48.0 Å². The van der Waals surface area contributed by atoms with E-state index in [4.69, 9.17) is 9.47 Å². The van der Waals surface area contributed by atoms with Crippen LogP contribution in [0.25, 0.3) is 17.2 Å². The van der Waals surface area contributed by atoms with Crippen molar-refractivity contribution in [3.05, 3.63) is 53.6 Å².